The summed E-state index contributed by atoms with van der Waals surface area (Å²) in [5, 5.41) is 10.5. The van der Waals surface area contributed by atoms with Gasteiger partial charge in [-0.05, 0) is 48.9 Å². The summed E-state index contributed by atoms with van der Waals surface area (Å²) in [7, 11) is 0. The molecule has 2 heterocycles. The minimum Gasteiger partial charge on any atom is -0.461 e. The van der Waals surface area contributed by atoms with E-state index >= 15 is 0 Å². The molecule has 6 nitrogen and oxygen atoms in total. The molecular weight excluding hydrogens is 400 g/mol. The summed E-state index contributed by atoms with van der Waals surface area (Å²) in [6.45, 7) is 2.06. The highest BCUT2D eigenvalue weighted by molar-refractivity contribution is 6.31. The van der Waals surface area contributed by atoms with Crippen LogP contribution in [0.3, 0.4) is 0 Å². The van der Waals surface area contributed by atoms with Crippen molar-refractivity contribution in [1.29, 1.82) is 5.26 Å². The van der Waals surface area contributed by atoms with E-state index in [0.29, 0.717) is 22.7 Å². The van der Waals surface area contributed by atoms with Gasteiger partial charge in [-0.15, -0.1) is 0 Å². The lowest BCUT2D eigenvalue weighted by Gasteiger charge is -2.21. The predicted octanol–water partition coefficient (Wildman–Crippen LogP) is 4.90. The molecule has 4 rings (SSSR count). The number of H-pyrrole nitrogens is 1. The second-order valence-electron chi connectivity index (χ2n) is 6.83. The number of imidazole rings is 1. The van der Waals surface area contributed by atoms with Crippen molar-refractivity contribution in [2.75, 3.05) is 6.61 Å². The second-order valence-corrected chi connectivity index (χ2v) is 7.26. The van der Waals surface area contributed by atoms with Crippen molar-refractivity contribution in [1.82, 2.24) is 14.5 Å². The zero-order valence-electron chi connectivity index (χ0n) is 16.3. The van der Waals surface area contributed by atoms with Crippen LogP contribution in [0.15, 0.2) is 60.9 Å². The molecule has 0 aliphatic heterocycles. The van der Waals surface area contributed by atoms with Crippen molar-refractivity contribution in [3.05, 3.63) is 88.6 Å². The number of ether oxygens (including phenoxy) is 1. The maximum absolute atomic E-state index is 12.8. The molecule has 1 unspecified atom stereocenters. The number of nitrogens with zero attached hydrogens (tertiary/aromatic N) is 3. The number of fused-ring (bicyclic) bond motifs is 1. The molecule has 0 aliphatic rings. The van der Waals surface area contributed by atoms with Crippen molar-refractivity contribution in [2.45, 2.75) is 19.4 Å². The normalized spacial score (nSPS) is 11.9. The van der Waals surface area contributed by atoms with Crippen LogP contribution in [0.4, 0.5) is 0 Å². The molecule has 0 saturated heterocycles. The van der Waals surface area contributed by atoms with Crippen LogP contribution < -0.4 is 0 Å². The minimum absolute atomic E-state index is 0.280. The van der Waals surface area contributed by atoms with Gasteiger partial charge in [-0.3, -0.25) is 0 Å². The Morgan fingerprint density at radius 1 is 1.27 bits per heavy atom. The maximum atomic E-state index is 12.8. The third-order valence-corrected chi connectivity index (χ3v) is 5.18. The summed E-state index contributed by atoms with van der Waals surface area (Å²) < 4.78 is 7.26. The molecule has 2 aromatic heterocycles. The Kier molecular flexibility index (Phi) is 5.55. The lowest BCUT2D eigenvalue weighted by molar-refractivity contribution is 0.0513. The smallest absolute Gasteiger partial charge is 0.354 e. The Morgan fingerprint density at radius 3 is 2.73 bits per heavy atom. The van der Waals surface area contributed by atoms with Crippen LogP contribution in [0.1, 0.15) is 40.4 Å². The zero-order chi connectivity index (χ0) is 21.1. The molecule has 1 atom stereocenters. The maximum Gasteiger partial charge on any atom is 0.354 e. The number of benzene rings is 2. The van der Waals surface area contributed by atoms with Gasteiger partial charge in [-0.25, -0.2) is 9.78 Å². The van der Waals surface area contributed by atoms with Gasteiger partial charge in [-0.2, -0.15) is 5.26 Å². The monoisotopic (exact) mass is 418 g/mol. The first kappa shape index (κ1) is 19.7. The quantitative estimate of drug-likeness (QED) is 0.451. The molecule has 30 heavy (non-hydrogen) atoms. The zero-order valence-corrected chi connectivity index (χ0v) is 17.1. The summed E-state index contributed by atoms with van der Waals surface area (Å²) >= 11 is 6.19. The Balaban J connectivity index is 1.88. The number of aromatic amines is 1. The molecule has 0 spiro atoms. The van der Waals surface area contributed by atoms with Crippen molar-refractivity contribution in [3.8, 4) is 6.07 Å². The molecule has 0 radical (unpaired) electrons. The molecule has 2 aromatic carbocycles. The average Bonchev–Trinajstić information content (AvgIpc) is 3.40. The fraction of sp³-hybridized carbons (Fsp3) is 0.174. The number of nitrogens with one attached hydrogen (secondary N) is 1. The van der Waals surface area contributed by atoms with Gasteiger partial charge in [0.2, 0.25) is 0 Å². The minimum atomic E-state index is -0.402. The second kappa shape index (κ2) is 8.44. The predicted molar refractivity (Wildman–Crippen MR) is 114 cm³/mol. The van der Waals surface area contributed by atoms with Crippen molar-refractivity contribution >= 4 is 28.5 Å². The highest BCUT2D eigenvalue weighted by atomic mass is 35.5. The van der Waals surface area contributed by atoms with E-state index in [0.717, 1.165) is 22.3 Å². The van der Waals surface area contributed by atoms with E-state index in [2.05, 4.69) is 16.0 Å². The van der Waals surface area contributed by atoms with Crippen LogP contribution in [0.25, 0.3) is 10.9 Å². The van der Waals surface area contributed by atoms with Crippen LogP contribution in [0, 0.1) is 11.3 Å². The number of rotatable bonds is 6. The fourth-order valence-corrected chi connectivity index (χ4v) is 3.79. The highest BCUT2D eigenvalue weighted by Gasteiger charge is 2.26. The highest BCUT2D eigenvalue weighted by Crippen LogP contribution is 2.31. The number of carbonyl (C=O) groups excluding carboxylic acids is 1. The lowest BCUT2D eigenvalue weighted by atomic mass is 10.0. The number of carbonyl (C=O) groups is 1. The van der Waals surface area contributed by atoms with E-state index in [4.69, 9.17) is 21.6 Å². The standard InChI is InChI=1S/C23H19ClN4O2/c1-2-30-23(29)21-13-17-12-18(24)7-8-19(17)28(21)20(22-26-9-10-27-22)11-15-3-5-16(14-25)6-4-15/h3-10,12-13,20H,2,11H2,1H3,(H,26,27). The Morgan fingerprint density at radius 2 is 2.07 bits per heavy atom. The molecule has 0 saturated carbocycles. The molecule has 0 amide bonds. The van der Waals surface area contributed by atoms with Crippen LogP contribution in [-0.2, 0) is 11.2 Å². The number of nitriles is 1. The van der Waals surface area contributed by atoms with E-state index in [1.807, 2.05) is 28.8 Å². The molecule has 0 bridgehead atoms. The van der Waals surface area contributed by atoms with Crippen LogP contribution in [0.2, 0.25) is 5.02 Å². The number of esters is 1. The average molecular weight is 419 g/mol. The summed E-state index contributed by atoms with van der Waals surface area (Å²) in [5.41, 5.74) is 2.91. The molecule has 0 fully saturated rings. The van der Waals surface area contributed by atoms with Crippen LogP contribution in [0.5, 0.6) is 0 Å². The molecule has 1 N–H and O–H groups in total. The lowest BCUT2D eigenvalue weighted by Crippen LogP contribution is -2.21. The van der Waals surface area contributed by atoms with Gasteiger partial charge >= 0.3 is 5.97 Å². The van der Waals surface area contributed by atoms with Crippen molar-refractivity contribution in [3.63, 3.8) is 0 Å². The Bertz CT molecular complexity index is 1220. The van der Waals surface area contributed by atoms with Gasteiger partial charge in [0.25, 0.3) is 0 Å². The molecule has 150 valence electrons. The van der Waals surface area contributed by atoms with Crippen molar-refractivity contribution in [2.24, 2.45) is 0 Å². The van der Waals surface area contributed by atoms with Gasteiger partial charge in [0, 0.05) is 34.7 Å². The topological polar surface area (TPSA) is 83.7 Å². The summed E-state index contributed by atoms with van der Waals surface area (Å²) in [5.74, 6) is 0.318. The largest absolute Gasteiger partial charge is 0.461 e. The molecule has 7 heteroatoms. The van der Waals surface area contributed by atoms with Gasteiger partial charge in [0.15, 0.2) is 0 Å². The van der Waals surface area contributed by atoms with Crippen molar-refractivity contribution < 1.29 is 9.53 Å². The van der Waals surface area contributed by atoms with Crippen LogP contribution in [-0.4, -0.2) is 27.1 Å². The van der Waals surface area contributed by atoms with E-state index in [1.54, 1.807) is 43.6 Å². The van der Waals surface area contributed by atoms with Gasteiger partial charge < -0.3 is 14.3 Å². The summed E-state index contributed by atoms with van der Waals surface area (Å²) in [6, 6.07) is 16.6. The number of aromatic nitrogens is 3. The third kappa shape index (κ3) is 3.80. The Hall–Kier alpha value is -3.56. The molecule has 0 aliphatic carbocycles. The number of halogens is 1. The van der Waals surface area contributed by atoms with E-state index in [-0.39, 0.29) is 12.6 Å². The van der Waals surface area contributed by atoms with E-state index in [1.165, 1.54) is 0 Å². The summed E-state index contributed by atoms with van der Waals surface area (Å²) in [4.78, 5) is 20.4. The Labute approximate surface area is 178 Å². The number of hydrogen-bond donors (Lipinski definition) is 1. The van der Waals surface area contributed by atoms with E-state index < -0.39 is 5.97 Å². The van der Waals surface area contributed by atoms with Gasteiger partial charge in [0.05, 0.1) is 24.3 Å². The summed E-state index contributed by atoms with van der Waals surface area (Å²) in [6.07, 6.45) is 4.01. The first-order valence-corrected chi connectivity index (χ1v) is 9.94. The molecule has 4 aromatic rings. The van der Waals surface area contributed by atoms with Crippen LogP contribution >= 0.6 is 11.6 Å². The SMILES string of the molecule is CCOC(=O)c1cc2cc(Cl)ccc2n1C(Cc1ccc(C#N)cc1)c1ncc[nH]1. The van der Waals surface area contributed by atoms with E-state index in [9.17, 15) is 4.79 Å². The van der Waals surface area contributed by atoms with Gasteiger partial charge in [0.1, 0.15) is 11.5 Å². The first-order valence-electron chi connectivity index (χ1n) is 9.56. The first-order chi connectivity index (χ1) is 14.6. The fourth-order valence-electron chi connectivity index (χ4n) is 3.61. The number of hydrogen-bond acceptors (Lipinski definition) is 4. The molecular formula is C23H19ClN4O2. The van der Waals surface area contributed by atoms with Gasteiger partial charge in [-0.1, -0.05) is 23.7 Å². The third-order valence-electron chi connectivity index (χ3n) is 4.94.